The number of fused-ring (bicyclic) bond motifs is 1. The average Bonchev–Trinajstić information content (AvgIpc) is 3.14. The summed E-state index contributed by atoms with van der Waals surface area (Å²) < 4.78 is 14.6. The third-order valence-corrected chi connectivity index (χ3v) is 5.65. The summed E-state index contributed by atoms with van der Waals surface area (Å²) in [6.45, 7) is 1.83. The molecule has 9 heteroatoms. The van der Waals surface area contributed by atoms with E-state index in [0.717, 1.165) is 36.6 Å². The number of nitrogens with zero attached hydrogens (tertiary/aromatic N) is 2. The second-order valence-electron chi connectivity index (χ2n) is 7.41. The molecule has 1 aliphatic carbocycles. The fraction of sp³-hybridized carbons (Fsp3) is 0.450. The van der Waals surface area contributed by atoms with Gasteiger partial charge in [-0.2, -0.15) is 0 Å². The van der Waals surface area contributed by atoms with Gasteiger partial charge in [-0.1, -0.05) is 31.4 Å². The van der Waals surface area contributed by atoms with Crippen molar-refractivity contribution in [1.29, 1.82) is 0 Å². The van der Waals surface area contributed by atoms with Crippen molar-refractivity contribution >= 4 is 34.4 Å². The number of carbonyl (C=O) groups is 1. The first-order chi connectivity index (χ1) is 14.0. The normalized spacial score (nSPS) is 24.6. The van der Waals surface area contributed by atoms with Crippen LogP contribution in [0.4, 0.5) is 4.39 Å². The van der Waals surface area contributed by atoms with Gasteiger partial charge in [0.2, 0.25) is 5.91 Å². The van der Waals surface area contributed by atoms with Gasteiger partial charge in [0.1, 0.15) is 17.6 Å². The lowest BCUT2D eigenvalue weighted by molar-refractivity contribution is -0.121. The Bertz CT molecular complexity index is 971. The van der Waals surface area contributed by atoms with Crippen LogP contribution in [0.15, 0.2) is 35.5 Å². The quantitative estimate of drug-likeness (QED) is 0.600. The number of pyridine rings is 1. The zero-order valence-electron chi connectivity index (χ0n) is 16.1. The van der Waals surface area contributed by atoms with E-state index in [4.69, 9.17) is 11.6 Å². The lowest BCUT2D eigenvalue weighted by Crippen LogP contribution is -2.58. The number of aliphatic imine (C=N–C) groups is 1. The van der Waals surface area contributed by atoms with Crippen molar-refractivity contribution in [3.05, 3.63) is 41.1 Å². The maximum atomic E-state index is 14.6. The number of hydrogen-bond donors (Lipinski definition) is 4. The first-order valence-electron chi connectivity index (χ1n) is 9.93. The zero-order valence-corrected chi connectivity index (χ0v) is 16.9. The Hall–Kier alpha value is -2.45. The van der Waals surface area contributed by atoms with Crippen molar-refractivity contribution in [2.24, 2.45) is 4.99 Å². The highest BCUT2D eigenvalue weighted by Gasteiger charge is 2.31. The maximum Gasteiger partial charge on any atom is 0.219 e. The molecule has 4 N–H and O–H groups in total. The minimum Gasteiger partial charge on any atom is -0.352 e. The molecule has 3 atom stereocenters. The van der Waals surface area contributed by atoms with Crippen LogP contribution in [-0.2, 0) is 4.79 Å². The summed E-state index contributed by atoms with van der Waals surface area (Å²) >= 11 is 6.08. The molecule has 1 fully saturated rings. The standard InChI is InChI=1S/C20H24ClFN6O/c1-2-17(29)26-15-5-3-4-6-16(15)27-20-14(22)10-25-19(28-20)13-9-24-18-12(13)7-11(21)8-23-18/h7-10,15-16,20,27H,2-6H2,1H3,(H,23,24)(H,25,28)(H,26,29). The van der Waals surface area contributed by atoms with E-state index >= 15 is 0 Å². The Labute approximate surface area is 173 Å². The molecule has 1 amide bonds. The Morgan fingerprint density at radius 1 is 1.34 bits per heavy atom. The largest absolute Gasteiger partial charge is 0.352 e. The van der Waals surface area contributed by atoms with Gasteiger partial charge in [0.15, 0.2) is 5.83 Å². The molecule has 1 aliphatic heterocycles. The molecule has 2 aromatic rings. The van der Waals surface area contributed by atoms with E-state index in [1.54, 1.807) is 18.5 Å². The third kappa shape index (κ3) is 4.28. The molecule has 154 valence electrons. The number of aromatic amines is 1. The second-order valence-corrected chi connectivity index (χ2v) is 7.84. The van der Waals surface area contributed by atoms with Crippen LogP contribution in [0.1, 0.15) is 44.6 Å². The van der Waals surface area contributed by atoms with Crippen molar-refractivity contribution in [1.82, 2.24) is 25.9 Å². The van der Waals surface area contributed by atoms with E-state index in [1.807, 2.05) is 6.92 Å². The van der Waals surface area contributed by atoms with E-state index in [-0.39, 0.29) is 18.0 Å². The van der Waals surface area contributed by atoms with Gasteiger partial charge in [-0.3, -0.25) is 10.1 Å². The third-order valence-electron chi connectivity index (χ3n) is 5.44. The summed E-state index contributed by atoms with van der Waals surface area (Å²) in [5.74, 6) is 0.154. The molecule has 3 unspecified atom stereocenters. The highest BCUT2D eigenvalue weighted by atomic mass is 35.5. The van der Waals surface area contributed by atoms with Gasteiger partial charge in [-0.15, -0.1) is 0 Å². The molecule has 0 spiro atoms. The van der Waals surface area contributed by atoms with Crippen LogP contribution in [0.2, 0.25) is 5.02 Å². The summed E-state index contributed by atoms with van der Waals surface area (Å²) in [5.41, 5.74) is 1.45. The lowest BCUT2D eigenvalue weighted by atomic mass is 9.90. The number of H-pyrrole nitrogens is 1. The van der Waals surface area contributed by atoms with Crippen LogP contribution in [0.3, 0.4) is 0 Å². The zero-order chi connectivity index (χ0) is 20.4. The molecule has 0 bridgehead atoms. The van der Waals surface area contributed by atoms with Crippen molar-refractivity contribution in [2.75, 3.05) is 0 Å². The number of hydrogen-bond acceptors (Lipinski definition) is 5. The van der Waals surface area contributed by atoms with Crippen LogP contribution in [0, 0.1) is 0 Å². The highest BCUT2D eigenvalue weighted by Crippen LogP contribution is 2.24. The molecule has 29 heavy (non-hydrogen) atoms. The van der Waals surface area contributed by atoms with Crippen LogP contribution in [0.25, 0.3) is 11.0 Å². The van der Waals surface area contributed by atoms with Gasteiger partial charge in [0.25, 0.3) is 0 Å². The van der Waals surface area contributed by atoms with E-state index in [0.29, 0.717) is 22.9 Å². The van der Waals surface area contributed by atoms with Crippen molar-refractivity contribution < 1.29 is 9.18 Å². The Morgan fingerprint density at radius 3 is 2.93 bits per heavy atom. The predicted molar refractivity (Wildman–Crippen MR) is 111 cm³/mol. The van der Waals surface area contributed by atoms with Gasteiger partial charge in [0.05, 0.1) is 11.2 Å². The van der Waals surface area contributed by atoms with Crippen LogP contribution in [0.5, 0.6) is 0 Å². The van der Waals surface area contributed by atoms with Crippen molar-refractivity contribution in [2.45, 2.75) is 57.3 Å². The van der Waals surface area contributed by atoms with Crippen molar-refractivity contribution in [3.8, 4) is 0 Å². The minimum atomic E-state index is -0.719. The molecule has 1 saturated carbocycles. The van der Waals surface area contributed by atoms with E-state index in [9.17, 15) is 9.18 Å². The summed E-state index contributed by atoms with van der Waals surface area (Å²) in [6.07, 6.45) is 8.14. The summed E-state index contributed by atoms with van der Waals surface area (Å²) in [4.78, 5) is 23.4. The maximum absolute atomic E-state index is 14.6. The monoisotopic (exact) mass is 418 g/mol. The van der Waals surface area contributed by atoms with Crippen molar-refractivity contribution in [3.63, 3.8) is 0 Å². The fourth-order valence-electron chi connectivity index (χ4n) is 3.91. The lowest BCUT2D eigenvalue weighted by Gasteiger charge is -2.36. The molecule has 0 saturated heterocycles. The SMILES string of the molecule is CCC(=O)NC1CCCCC1NC1NC(c2c[nH]c3ncc(Cl)cc23)=NC=C1F. The fourth-order valence-corrected chi connectivity index (χ4v) is 4.07. The molecule has 0 aromatic carbocycles. The molecule has 3 heterocycles. The van der Waals surface area contributed by atoms with Crippen LogP contribution < -0.4 is 16.0 Å². The first kappa shape index (κ1) is 19.8. The topological polar surface area (TPSA) is 94.2 Å². The van der Waals surface area contributed by atoms with Gasteiger partial charge in [0, 0.05) is 41.8 Å². The smallest absolute Gasteiger partial charge is 0.219 e. The highest BCUT2D eigenvalue weighted by molar-refractivity contribution is 6.31. The van der Waals surface area contributed by atoms with Gasteiger partial charge < -0.3 is 15.6 Å². The number of amidine groups is 1. The number of rotatable bonds is 5. The molecule has 0 radical (unpaired) electrons. The Balaban J connectivity index is 1.52. The Morgan fingerprint density at radius 2 is 2.14 bits per heavy atom. The number of aromatic nitrogens is 2. The summed E-state index contributed by atoms with van der Waals surface area (Å²) in [5, 5.41) is 10.9. The summed E-state index contributed by atoms with van der Waals surface area (Å²) in [6, 6.07) is 1.77. The van der Waals surface area contributed by atoms with Crippen LogP contribution >= 0.6 is 11.6 Å². The number of amides is 1. The van der Waals surface area contributed by atoms with Gasteiger partial charge in [-0.05, 0) is 18.9 Å². The molecule has 7 nitrogen and oxygen atoms in total. The minimum absolute atomic E-state index is 0.00999. The summed E-state index contributed by atoms with van der Waals surface area (Å²) in [7, 11) is 0. The number of nitrogens with one attached hydrogen (secondary N) is 4. The second kappa shape index (κ2) is 8.51. The molecule has 2 aliphatic rings. The molecular formula is C20H24ClFN6O. The average molecular weight is 419 g/mol. The van der Waals surface area contributed by atoms with Crippen LogP contribution in [-0.4, -0.2) is 40.0 Å². The van der Waals surface area contributed by atoms with Gasteiger partial charge >= 0.3 is 0 Å². The molecule has 4 rings (SSSR count). The van der Waals surface area contributed by atoms with Gasteiger partial charge in [-0.25, -0.2) is 14.4 Å². The predicted octanol–water partition coefficient (Wildman–Crippen LogP) is 3.13. The van der Waals surface area contributed by atoms with E-state index < -0.39 is 12.0 Å². The Kier molecular flexibility index (Phi) is 5.82. The number of carbonyl (C=O) groups excluding carboxylic acids is 1. The number of halogens is 2. The molecular weight excluding hydrogens is 395 g/mol. The van der Waals surface area contributed by atoms with E-state index in [1.165, 1.54) is 6.20 Å². The first-order valence-corrected chi connectivity index (χ1v) is 10.3. The van der Waals surface area contributed by atoms with E-state index in [2.05, 4.69) is 30.9 Å². The molecule has 2 aromatic heterocycles.